The summed E-state index contributed by atoms with van der Waals surface area (Å²) in [5.74, 6) is 2.67. The number of amides is 1. The van der Waals surface area contributed by atoms with Crippen molar-refractivity contribution in [1.29, 1.82) is 0 Å². The van der Waals surface area contributed by atoms with E-state index in [9.17, 15) is 4.79 Å². The molecule has 7 nitrogen and oxygen atoms in total. The number of fused-ring (bicyclic) bond motifs is 2. The highest BCUT2D eigenvalue weighted by Gasteiger charge is 2.32. The normalized spacial score (nSPS) is 17.6. The van der Waals surface area contributed by atoms with Crippen molar-refractivity contribution >= 4 is 11.6 Å². The number of carbonyl (C=O) groups excluding carboxylic acids is 1. The van der Waals surface area contributed by atoms with Crippen LogP contribution in [0.15, 0.2) is 24.3 Å². The van der Waals surface area contributed by atoms with Crippen LogP contribution in [0.25, 0.3) is 0 Å². The molecule has 27 heavy (non-hydrogen) atoms. The minimum Gasteiger partial charge on any atom is -0.493 e. The van der Waals surface area contributed by atoms with Crippen LogP contribution in [0.3, 0.4) is 0 Å². The summed E-state index contributed by atoms with van der Waals surface area (Å²) in [4.78, 5) is 12.4. The van der Waals surface area contributed by atoms with Crippen molar-refractivity contribution in [1.82, 2.24) is 0 Å². The van der Waals surface area contributed by atoms with E-state index in [1.807, 2.05) is 24.3 Å². The smallest absolute Gasteiger partial charge is 0.225 e. The van der Waals surface area contributed by atoms with Gasteiger partial charge >= 0.3 is 0 Å². The Kier molecular flexibility index (Phi) is 4.43. The third-order valence-electron chi connectivity index (χ3n) is 4.86. The zero-order chi connectivity index (χ0) is 19.0. The number of carbonyl (C=O) groups is 1. The van der Waals surface area contributed by atoms with Gasteiger partial charge in [-0.3, -0.25) is 4.79 Å². The van der Waals surface area contributed by atoms with Crippen molar-refractivity contribution in [2.24, 2.45) is 0 Å². The number of anilines is 1. The van der Waals surface area contributed by atoms with E-state index in [0.29, 0.717) is 48.4 Å². The zero-order valence-electron chi connectivity index (χ0n) is 15.5. The molecule has 1 N–H and O–H groups in total. The number of rotatable bonds is 4. The fraction of sp³-hybridized carbons (Fsp3) is 0.350. The van der Waals surface area contributed by atoms with Gasteiger partial charge in [-0.05, 0) is 17.7 Å². The van der Waals surface area contributed by atoms with Crippen molar-refractivity contribution < 1.29 is 28.5 Å². The number of hydrogen-bond donors (Lipinski definition) is 1. The highest BCUT2D eigenvalue weighted by molar-refractivity contribution is 5.96. The van der Waals surface area contributed by atoms with E-state index in [-0.39, 0.29) is 11.8 Å². The molecule has 1 atom stereocenters. The van der Waals surface area contributed by atoms with Crippen LogP contribution in [-0.4, -0.2) is 40.5 Å². The van der Waals surface area contributed by atoms with Crippen LogP contribution < -0.4 is 29.0 Å². The Labute approximate surface area is 157 Å². The van der Waals surface area contributed by atoms with Gasteiger partial charge in [-0.15, -0.1) is 0 Å². The predicted octanol–water partition coefficient (Wildman–Crippen LogP) is 2.96. The van der Waals surface area contributed by atoms with Gasteiger partial charge < -0.3 is 29.0 Å². The highest BCUT2D eigenvalue weighted by atomic mass is 16.6. The number of benzene rings is 2. The van der Waals surface area contributed by atoms with Crippen LogP contribution in [-0.2, 0) is 4.79 Å². The number of nitrogens with one attached hydrogen (secondary N) is 1. The largest absolute Gasteiger partial charge is 0.493 e. The summed E-state index contributed by atoms with van der Waals surface area (Å²) in [5, 5.41) is 2.93. The molecule has 2 aromatic carbocycles. The van der Waals surface area contributed by atoms with Gasteiger partial charge in [-0.25, -0.2) is 0 Å². The summed E-state index contributed by atoms with van der Waals surface area (Å²) < 4.78 is 27.9. The Morgan fingerprint density at radius 1 is 0.926 bits per heavy atom. The fourth-order valence-corrected chi connectivity index (χ4v) is 3.67. The predicted molar refractivity (Wildman–Crippen MR) is 98.6 cm³/mol. The van der Waals surface area contributed by atoms with Gasteiger partial charge in [0.2, 0.25) is 11.7 Å². The van der Waals surface area contributed by atoms with Crippen LogP contribution >= 0.6 is 0 Å². The minimum absolute atomic E-state index is 0.0685. The van der Waals surface area contributed by atoms with E-state index in [1.165, 1.54) is 0 Å². The van der Waals surface area contributed by atoms with E-state index < -0.39 is 0 Å². The molecule has 0 spiro atoms. The van der Waals surface area contributed by atoms with Gasteiger partial charge in [-0.1, -0.05) is 6.07 Å². The van der Waals surface area contributed by atoms with Gasteiger partial charge in [-0.2, -0.15) is 0 Å². The van der Waals surface area contributed by atoms with Gasteiger partial charge in [0, 0.05) is 29.7 Å². The van der Waals surface area contributed by atoms with Gasteiger partial charge in [0.05, 0.1) is 21.3 Å². The first-order valence-electron chi connectivity index (χ1n) is 8.68. The van der Waals surface area contributed by atoms with Gasteiger partial charge in [0.1, 0.15) is 13.2 Å². The summed E-state index contributed by atoms with van der Waals surface area (Å²) in [6, 6.07) is 7.48. The third-order valence-corrected chi connectivity index (χ3v) is 4.86. The van der Waals surface area contributed by atoms with E-state index in [1.54, 1.807) is 21.3 Å². The molecule has 2 heterocycles. The molecule has 2 aliphatic heterocycles. The molecular weight excluding hydrogens is 350 g/mol. The van der Waals surface area contributed by atoms with E-state index >= 15 is 0 Å². The lowest BCUT2D eigenvalue weighted by molar-refractivity contribution is -0.116. The van der Waals surface area contributed by atoms with Crippen molar-refractivity contribution in [3.8, 4) is 28.7 Å². The molecule has 0 saturated carbocycles. The van der Waals surface area contributed by atoms with Gasteiger partial charge in [0.25, 0.3) is 0 Å². The second kappa shape index (κ2) is 6.90. The average molecular weight is 371 g/mol. The minimum atomic E-state index is -0.209. The Morgan fingerprint density at radius 2 is 1.63 bits per heavy atom. The van der Waals surface area contributed by atoms with E-state index in [2.05, 4.69) is 5.32 Å². The molecular formula is C20H21NO6. The Bertz CT molecular complexity index is 895. The second-order valence-electron chi connectivity index (χ2n) is 6.31. The molecule has 7 heteroatoms. The topological polar surface area (TPSA) is 75.3 Å². The lowest BCUT2D eigenvalue weighted by Gasteiger charge is -2.30. The standard InChI is InChI=1S/C20H21NO6/c1-23-15-5-4-11(19(24-2)20(15)25-3)12-9-18(22)21-14-10-17-16(8-13(12)14)26-6-7-27-17/h4-5,8,10,12H,6-7,9H2,1-3H3,(H,21,22)/t12-/m0/s1. The zero-order valence-corrected chi connectivity index (χ0v) is 15.5. The van der Waals surface area contributed by atoms with Crippen LogP contribution in [0.5, 0.6) is 28.7 Å². The van der Waals surface area contributed by atoms with Crippen molar-refractivity contribution in [3.05, 3.63) is 35.4 Å². The Balaban J connectivity index is 1.87. The summed E-state index contributed by atoms with van der Waals surface area (Å²) in [5.41, 5.74) is 2.52. The first-order chi connectivity index (χ1) is 13.2. The lowest BCUT2D eigenvalue weighted by Crippen LogP contribution is -2.25. The maximum Gasteiger partial charge on any atom is 0.225 e. The number of hydrogen-bond acceptors (Lipinski definition) is 6. The Hall–Kier alpha value is -3.09. The summed E-state index contributed by atoms with van der Waals surface area (Å²) in [7, 11) is 4.71. The van der Waals surface area contributed by atoms with Gasteiger partial charge in [0.15, 0.2) is 23.0 Å². The monoisotopic (exact) mass is 371 g/mol. The highest BCUT2D eigenvalue weighted by Crippen LogP contribution is 2.49. The molecule has 0 aliphatic carbocycles. The van der Waals surface area contributed by atoms with Crippen LogP contribution in [0.1, 0.15) is 23.5 Å². The molecule has 0 radical (unpaired) electrons. The molecule has 0 fully saturated rings. The third kappa shape index (κ3) is 2.89. The maximum atomic E-state index is 12.4. The summed E-state index contributed by atoms with van der Waals surface area (Å²) >= 11 is 0. The Morgan fingerprint density at radius 3 is 2.30 bits per heavy atom. The molecule has 1 amide bonds. The molecule has 0 bridgehead atoms. The second-order valence-corrected chi connectivity index (χ2v) is 6.31. The molecule has 4 rings (SSSR count). The molecule has 0 aromatic heterocycles. The average Bonchev–Trinajstić information content (AvgIpc) is 2.70. The fourth-order valence-electron chi connectivity index (χ4n) is 3.67. The number of ether oxygens (including phenoxy) is 5. The first kappa shape index (κ1) is 17.3. The SMILES string of the molecule is COc1ccc([C@@H]2CC(=O)Nc3cc4c(cc32)OCCO4)c(OC)c1OC. The quantitative estimate of drug-likeness (QED) is 0.891. The van der Waals surface area contributed by atoms with E-state index in [4.69, 9.17) is 23.7 Å². The van der Waals surface area contributed by atoms with E-state index in [0.717, 1.165) is 16.8 Å². The molecule has 2 aromatic rings. The first-order valence-corrected chi connectivity index (χ1v) is 8.68. The van der Waals surface area contributed by atoms with Crippen molar-refractivity contribution in [2.45, 2.75) is 12.3 Å². The van der Waals surface area contributed by atoms with Crippen LogP contribution in [0.4, 0.5) is 5.69 Å². The van der Waals surface area contributed by atoms with Crippen LogP contribution in [0.2, 0.25) is 0 Å². The molecule has 0 saturated heterocycles. The van der Waals surface area contributed by atoms with Crippen LogP contribution in [0, 0.1) is 0 Å². The lowest BCUT2D eigenvalue weighted by atomic mass is 9.83. The maximum absolute atomic E-state index is 12.4. The number of methoxy groups -OCH3 is 3. The van der Waals surface area contributed by atoms with Crippen molar-refractivity contribution in [2.75, 3.05) is 39.9 Å². The van der Waals surface area contributed by atoms with Crippen molar-refractivity contribution in [3.63, 3.8) is 0 Å². The molecule has 0 unspecified atom stereocenters. The molecule has 2 aliphatic rings. The summed E-state index contributed by atoms with van der Waals surface area (Å²) in [6.07, 6.45) is 0.290. The summed E-state index contributed by atoms with van der Waals surface area (Å²) in [6.45, 7) is 0.995. The molecule has 142 valence electrons.